The van der Waals surface area contributed by atoms with Crippen molar-refractivity contribution in [3.05, 3.63) is 35.5 Å². The Balaban J connectivity index is 0.00000338. The van der Waals surface area contributed by atoms with Gasteiger partial charge in [-0.15, -0.1) is 37.1 Å². The van der Waals surface area contributed by atoms with Crippen LogP contribution in [0.5, 0.6) is 11.6 Å². The van der Waals surface area contributed by atoms with E-state index in [9.17, 15) is 13.2 Å². The van der Waals surface area contributed by atoms with Crippen molar-refractivity contribution in [1.29, 1.82) is 0 Å². The van der Waals surface area contributed by atoms with Gasteiger partial charge in [-0.05, 0) is 19.1 Å². The highest BCUT2D eigenvalue weighted by molar-refractivity contribution is 14.0. The molecule has 2 rings (SSSR count). The summed E-state index contributed by atoms with van der Waals surface area (Å²) in [7, 11) is 3.24. The first kappa shape index (κ1) is 21.9. The van der Waals surface area contributed by atoms with Crippen molar-refractivity contribution in [2.24, 2.45) is 17.8 Å². The van der Waals surface area contributed by atoms with Crippen LogP contribution in [0, 0.1) is 6.92 Å². The van der Waals surface area contributed by atoms with Crippen molar-refractivity contribution in [3.63, 3.8) is 0 Å². The Hall–Kier alpha value is -2.18. The van der Waals surface area contributed by atoms with E-state index in [1.807, 2.05) is 0 Å². The zero-order chi connectivity index (χ0) is 18.6. The van der Waals surface area contributed by atoms with Crippen LogP contribution < -0.4 is 20.5 Å². The minimum absolute atomic E-state index is 0. The number of anilines is 1. The molecule has 0 unspecified atom stereocenters. The summed E-state index contributed by atoms with van der Waals surface area (Å²) in [6.45, 7) is 1.95. The normalized spacial score (nSPS) is 11.7. The lowest BCUT2D eigenvalue weighted by molar-refractivity contribution is -0.274. The molecule has 0 bridgehead atoms. The number of hydrogen-bond acceptors (Lipinski definition) is 4. The van der Waals surface area contributed by atoms with E-state index in [2.05, 4.69) is 20.1 Å². The lowest BCUT2D eigenvalue weighted by Gasteiger charge is -2.14. The maximum absolute atomic E-state index is 12.4. The molecule has 0 aliphatic rings. The number of aryl methyl sites for hydroxylation is 2. The fourth-order valence-electron chi connectivity index (χ4n) is 2.24. The molecule has 7 nitrogen and oxygen atoms in total. The number of nitrogens with one attached hydrogen (secondary N) is 1. The number of benzene rings is 1. The molecular weight excluding hydrogens is 466 g/mol. The van der Waals surface area contributed by atoms with Crippen LogP contribution in [0.3, 0.4) is 0 Å². The zero-order valence-corrected chi connectivity index (χ0v) is 16.6. The summed E-state index contributed by atoms with van der Waals surface area (Å²) in [5, 5.41) is 6.82. The minimum atomic E-state index is -4.80. The fourth-order valence-corrected chi connectivity index (χ4v) is 2.24. The maximum Gasteiger partial charge on any atom is 0.573 e. The molecule has 0 atom stereocenters. The van der Waals surface area contributed by atoms with Gasteiger partial charge in [-0.3, -0.25) is 0 Å². The Kier molecular flexibility index (Phi) is 7.54. The van der Waals surface area contributed by atoms with Gasteiger partial charge in [-0.2, -0.15) is 5.10 Å². The second kappa shape index (κ2) is 8.96. The van der Waals surface area contributed by atoms with E-state index in [0.717, 1.165) is 11.3 Å². The zero-order valence-electron chi connectivity index (χ0n) is 14.3. The van der Waals surface area contributed by atoms with Gasteiger partial charge in [0.1, 0.15) is 0 Å². The van der Waals surface area contributed by atoms with Crippen molar-refractivity contribution in [2.45, 2.75) is 19.8 Å². The van der Waals surface area contributed by atoms with Crippen LogP contribution in [-0.2, 0) is 13.6 Å². The number of nitrogens with zero attached hydrogens (tertiary/aromatic N) is 3. The van der Waals surface area contributed by atoms with Gasteiger partial charge in [0, 0.05) is 7.05 Å². The van der Waals surface area contributed by atoms with Crippen LogP contribution in [0.15, 0.2) is 29.3 Å². The van der Waals surface area contributed by atoms with Crippen molar-refractivity contribution in [1.82, 2.24) is 9.78 Å². The van der Waals surface area contributed by atoms with Crippen LogP contribution in [0.4, 0.5) is 18.9 Å². The van der Waals surface area contributed by atoms with Crippen LogP contribution in [0.2, 0.25) is 0 Å². The summed E-state index contributed by atoms with van der Waals surface area (Å²) >= 11 is 0. The third-order valence-electron chi connectivity index (χ3n) is 3.27. The molecule has 1 aromatic carbocycles. The van der Waals surface area contributed by atoms with E-state index in [1.165, 1.54) is 25.3 Å². The summed E-state index contributed by atoms with van der Waals surface area (Å²) in [5.41, 5.74) is 7.27. The number of para-hydroxylation sites is 2. The van der Waals surface area contributed by atoms with Gasteiger partial charge in [0.2, 0.25) is 5.88 Å². The standard InChI is InChI=1S/C15H18F3N5O2.HI/c1-9-10(13(24-3)23(2)22-9)8-20-14(19)21-11-6-4-5-7-12(11)25-15(16,17)18;/h4-7H,8H2,1-3H3,(H3,19,20,21);1H. The largest absolute Gasteiger partial charge is 0.573 e. The first-order valence-electron chi connectivity index (χ1n) is 7.19. The first-order chi connectivity index (χ1) is 11.7. The minimum Gasteiger partial charge on any atom is -0.481 e. The number of hydrogen-bond donors (Lipinski definition) is 2. The molecule has 0 saturated heterocycles. The number of rotatable bonds is 5. The molecule has 1 aromatic heterocycles. The average Bonchev–Trinajstić information content (AvgIpc) is 2.78. The molecule has 144 valence electrons. The molecule has 26 heavy (non-hydrogen) atoms. The number of halogens is 4. The Morgan fingerprint density at radius 2 is 2.00 bits per heavy atom. The third kappa shape index (κ3) is 5.68. The predicted molar refractivity (Wildman–Crippen MR) is 102 cm³/mol. The Bertz CT molecular complexity index is 777. The Morgan fingerprint density at radius 1 is 1.35 bits per heavy atom. The molecule has 0 spiro atoms. The highest BCUT2D eigenvalue weighted by Crippen LogP contribution is 2.29. The van der Waals surface area contributed by atoms with E-state index in [-0.39, 0.29) is 42.2 Å². The van der Waals surface area contributed by atoms with Crippen molar-refractivity contribution < 1.29 is 22.6 Å². The number of guanidine groups is 1. The molecule has 1 heterocycles. The van der Waals surface area contributed by atoms with Gasteiger partial charge >= 0.3 is 6.36 Å². The quantitative estimate of drug-likeness (QED) is 0.386. The lowest BCUT2D eigenvalue weighted by atomic mass is 10.2. The number of aromatic nitrogens is 2. The molecule has 0 amide bonds. The van der Waals surface area contributed by atoms with Crippen molar-refractivity contribution >= 4 is 35.6 Å². The smallest absolute Gasteiger partial charge is 0.481 e. The Labute approximate surface area is 165 Å². The summed E-state index contributed by atoms with van der Waals surface area (Å²) < 4.78 is 48.0. The number of nitrogens with two attached hydrogens (primary N) is 1. The van der Waals surface area contributed by atoms with Crippen LogP contribution >= 0.6 is 24.0 Å². The predicted octanol–water partition coefficient (Wildman–Crippen LogP) is 3.18. The molecular formula is C15H19F3IN5O2. The average molecular weight is 485 g/mol. The van der Waals surface area contributed by atoms with Gasteiger partial charge in [-0.25, -0.2) is 9.67 Å². The van der Waals surface area contributed by atoms with Crippen LogP contribution in [-0.4, -0.2) is 29.2 Å². The lowest BCUT2D eigenvalue weighted by Crippen LogP contribution is -2.24. The topological polar surface area (TPSA) is 86.7 Å². The molecule has 0 aliphatic heterocycles. The highest BCUT2D eigenvalue weighted by atomic mass is 127. The maximum atomic E-state index is 12.4. The van der Waals surface area contributed by atoms with E-state index in [4.69, 9.17) is 10.5 Å². The summed E-state index contributed by atoms with van der Waals surface area (Å²) in [6, 6.07) is 5.55. The van der Waals surface area contributed by atoms with E-state index < -0.39 is 12.1 Å². The van der Waals surface area contributed by atoms with Gasteiger partial charge in [-0.1, -0.05) is 12.1 Å². The summed E-state index contributed by atoms with van der Waals surface area (Å²) in [5.74, 6) is 0.0710. The molecule has 3 N–H and O–H groups in total. The van der Waals surface area contributed by atoms with Gasteiger partial charge < -0.3 is 20.5 Å². The van der Waals surface area contributed by atoms with Crippen molar-refractivity contribution in [3.8, 4) is 11.6 Å². The van der Waals surface area contributed by atoms with E-state index >= 15 is 0 Å². The monoisotopic (exact) mass is 485 g/mol. The van der Waals surface area contributed by atoms with E-state index in [0.29, 0.717) is 5.88 Å². The molecule has 11 heteroatoms. The molecule has 0 fully saturated rings. The first-order valence-corrected chi connectivity index (χ1v) is 7.19. The van der Waals surface area contributed by atoms with Crippen LogP contribution in [0.1, 0.15) is 11.3 Å². The highest BCUT2D eigenvalue weighted by Gasteiger charge is 2.32. The number of alkyl halides is 3. The fraction of sp³-hybridized carbons (Fsp3) is 0.333. The second-order valence-corrected chi connectivity index (χ2v) is 5.07. The van der Waals surface area contributed by atoms with Gasteiger partial charge in [0.15, 0.2) is 11.7 Å². The molecule has 2 aromatic rings. The van der Waals surface area contributed by atoms with Gasteiger partial charge in [0.05, 0.1) is 30.6 Å². The van der Waals surface area contributed by atoms with Crippen LogP contribution in [0.25, 0.3) is 0 Å². The summed E-state index contributed by atoms with van der Waals surface area (Å²) in [6.07, 6.45) is -4.80. The van der Waals surface area contributed by atoms with Crippen molar-refractivity contribution in [2.75, 3.05) is 12.4 Å². The SMILES string of the molecule is COc1c(CN=C(N)Nc2ccccc2OC(F)(F)F)c(C)nn1C.I. The second-order valence-electron chi connectivity index (χ2n) is 5.07. The number of methoxy groups -OCH3 is 1. The van der Waals surface area contributed by atoms with Gasteiger partial charge in [0.25, 0.3) is 0 Å². The molecule has 0 radical (unpaired) electrons. The summed E-state index contributed by atoms with van der Waals surface area (Å²) in [4.78, 5) is 4.12. The third-order valence-corrected chi connectivity index (χ3v) is 3.27. The van der Waals surface area contributed by atoms with E-state index in [1.54, 1.807) is 24.7 Å². The Morgan fingerprint density at radius 3 is 2.62 bits per heavy atom. The molecule has 0 aliphatic carbocycles. The molecule has 0 saturated carbocycles. The number of ether oxygens (including phenoxy) is 2. The number of aliphatic imine (C=N–C) groups is 1.